The molecule has 0 fully saturated rings. The van der Waals surface area contributed by atoms with Gasteiger partial charge in [0.15, 0.2) is 0 Å². The fraction of sp³-hybridized carbons (Fsp3) is 0.444. The Hall–Kier alpha value is -0.350. The minimum atomic E-state index is -1.03. The predicted octanol–water partition coefficient (Wildman–Crippen LogP) is 1.76. The van der Waals surface area contributed by atoms with E-state index in [0.717, 1.165) is 0 Å². The average molecular weight is 236 g/mol. The van der Waals surface area contributed by atoms with Crippen molar-refractivity contribution < 1.29 is 10.2 Å². The summed E-state index contributed by atoms with van der Waals surface area (Å²) < 4.78 is 0. The summed E-state index contributed by atoms with van der Waals surface area (Å²) in [5.41, 5.74) is 0.423. The molecule has 1 rings (SSSR count). The Morgan fingerprint density at radius 3 is 2.71 bits per heavy atom. The van der Waals surface area contributed by atoms with Gasteiger partial charge in [0.1, 0.15) is 11.3 Å². The molecular weight excluding hydrogens is 225 g/mol. The molecule has 2 atom stereocenters. The first-order chi connectivity index (χ1) is 6.66. The molecule has 5 heteroatoms. The van der Waals surface area contributed by atoms with E-state index in [1.807, 2.05) is 0 Å². The first kappa shape index (κ1) is 11.7. The van der Waals surface area contributed by atoms with Gasteiger partial charge < -0.3 is 10.2 Å². The maximum Gasteiger partial charge on any atom is 0.134 e. The van der Waals surface area contributed by atoms with Crippen molar-refractivity contribution in [2.24, 2.45) is 0 Å². The predicted molar refractivity (Wildman–Crippen MR) is 55.6 cm³/mol. The van der Waals surface area contributed by atoms with Crippen molar-refractivity contribution in [2.75, 3.05) is 5.88 Å². The number of aliphatic hydroxyl groups is 2. The number of alkyl halides is 1. The Morgan fingerprint density at radius 2 is 2.14 bits per heavy atom. The quantitative estimate of drug-likeness (QED) is 0.618. The van der Waals surface area contributed by atoms with E-state index < -0.39 is 12.2 Å². The topological polar surface area (TPSA) is 53.4 Å². The van der Waals surface area contributed by atoms with Crippen molar-refractivity contribution >= 4 is 23.2 Å². The highest BCUT2D eigenvalue weighted by molar-refractivity contribution is 6.30. The lowest BCUT2D eigenvalue weighted by Gasteiger charge is -2.17. The molecular formula is C9H11Cl2NO2. The molecule has 0 aliphatic rings. The maximum absolute atomic E-state index is 9.67. The largest absolute Gasteiger partial charge is 0.390 e. The lowest BCUT2D eigenvalue weighted by atomic mass is 10.0. The number of nitrogens with zero attached hydrogens (tertiary/aromatic N) is 1. The first-order valence-corrected chi connectivity index (χ1v) is 5.10. The summed E-state index contributed by atoms with van der Waals surface area (Å²) in [5, 5.41) is 19.3. The van der Waals surface area contributed by atoms with Crippen molar-refractivity contribution in [3.8, 4) is 0 Å². The van der Waals surface area contributed by atoms with Crippen LogP contribution in [0.3, 0.4) is 0 Å². The van der Waals surface area contributed by atoms with Crippen molar-refractivity contribution in [3.05, 3.63) is 29.0 Å². The molecule has 1 heterocycles. The Balaban J connectivity index is 2.78. The van der Waals surface area contributed by atoms with E-state index in [0.29, 0.717) is 12.0 Å². The Labute approximate surface area is 92.3 Å². The van der Waals surface area contributed by atoms with Crippen LogP contribution in [0.1, 0.15) is 18.1 Å². The minimum Gasteiger partial charge on any atom is -0.390 e. The van der Waals surface area contributed by atoms with Crippen molar-refractivity contribution in [1.82, 2.24) is 4.98 Å². The number of pyridine rings is 1. The molecule has 0 amide bonds. The number of hydrogen-bond donors (Lipinski definition) is 2. The highest BCUT2D eigenvalue weighted by atomic mass is 35.5. The minimum absolute atomic E-state index is 0.202. The van der Waals surface area contributed by atoms with Gasteiger partial charge in [0.05, 0.1) is 6.10 Å². The van der Waals surface area contributed by atoms with Crippen LogP contribution in [-0.2, 0) is 0 Å². The molecule has 2 N–H and O–H groups in total. The third-order valence-corrected chi connectivity index (χ3v) is 2.41. The monoisotopic (exact) mass is 235 g/mol. The fourth-order valence-corrected chi connectivity index (χ4v) is 1.55. The number of aliphatic hydroxyl groups excluding tert-OH is 2. The summed E-state index contributed by atoms with van der Waals surface area (Å²) >= 11 is 11.2. The van der Waals surface area contributed by atoms with Gasteiger partial charge in [-0.3, -0.25) is 0 Å². The third-order valence-electron chi connectivity index (χ3n) is 1.88. The summed E-state index contributed by atoms with van der Waals surface area (Å²) in [6.07, 6.45) is -0.107. The highest BCUT2D eigenvalue weighted by Crippen LogP contribution is 2.24. The van der Waals surface area contributed by atoms with Gasteiger partial charge in [0.25, 0.3) is 0 Å². The summed E-state index contributed by atoms with van der Waals surface area (Å²) in [4.78, 5) is 3.80. The van der Waals surface area contributed by atoms with Crippen molar-refractivity contribution in [3.63, 3.8) is 0 Å². The van der Waals surface area contributed by atoms with E-state index >= 15 is 0 Å². The molecule has 0 bridgehead atoms. The smallest absolute Gasteiger partial charge is 0.134 e. The van der Waals surface area contributed by atoms with Crippen LogP contribution in [0.5, 0.6) is 0 Å². The van der Waals surface area contributed by atoms with E-state index in [-0.39, 0.29) is 11.0 Å². The average Bonchev–Trinajstić information content (AvgIpc) is 2.18. The van der Waals surface area contributed by atoms with Crippen LogP contribution in [0.25, 0.3) is 0 Å². The third kappa shape index (κ3) is 2.82. The van der Waals surface area contributed by atoms with Crippen LogP contribution in [0, 0.1) is 0 Å². The van der Waals surface area contributed by atoms with E-state index in [1.54, 1.807) is 12.1 Å². The Kier molecular flexibility index (Phi) is 4.62. The Bertz CT molecular complexity index is 296. The zero-order valence-electron chi connectivity index (χ0n) is 7.40. The normalized spacial score (nSPS) is 15.1. The number of halogens is 2. The fourth-order valence-electron chi connectivity index (χ4n) is 1.10. The molecule has 0 saturated carbocycles. The van der Waals surface area contributed by atoms with E-state index in [9.17, 15) is 10.2 Å². The molecule has 3 nitrogen and oxygen atoms in total. The summed E-state index contributed by atoms with van der Waals surface area (Å²) in [6, 6.07) is 3.27. The van der Waals surface area contributed by atoms with Gasteiger partial charge in [0, 0.05) is 17.6 Å². The molecule has 0 radical (unpaired) electrons. The molecule has 0 aliphatic heterocycles. The molecule has 0 spiro atoms. The van der Waals surface area contributed by atoms with Crippen molar-refractivity contribution in [1.29, 1.82) is 0 Å². The van der Waals surface area contributed by atoms with Gasteiger partial charge >= 0.3 is 0 Å². The molecule has 0 aromatic carbocycles. The number of hydrogen-bond acceptors (Lipinski definition) is 3. The van der Waals surface area contributed by atoms with E-state index in [1.165, 1.54) is 6.20 Å². The summed E-state index contributed by atoms with van der Waals surface area (Å²) in [7, 11) is 0. The number of aromatic nitrogens is 1. The number of rotatable bonds is 4. The lowest BCUT2D eigenvalue weighted by Crippen LogP contribution is -2.19. The van der Waals surface area contributed by atoms with E-state index in [4.69, 9.17) is 23.2 Å². The molecule has 1 aromatic heterocycles. The first-order valence-electron chi connectivity index (χ1n) is 4.19. The van der Waals surface area contributed by atoms with Crippen LogP contribution >= 0.6 is 23.2 Å². The molecule has 78 valence electrons. The summed E-state index contributed by atoms with van der Waals surface area (Å²) in [5.74, 6) is 0.288. The second kappa shape index (κ2) is 5.51. The van der Waals surface area contributed by atoms with Gasteiger partial charge in [-0.2, -0.15) is 0 Å². The van der Waals surface area contributed by atoms with Gasteiger partial charge in [-0.05, 0) is 12.5 Å². The van der Waals surface area contributed by atoms with E-state index in [2.05, 4.69) is 4.98 Å². The second-order valence-corrected chi connectivity index (χ2v) is 3.61. The van der Waals surface area contributed by atoms with Crippen LogP contribution in [0.2, 0.25) is 5.15 Å². The molecule has 2 unspecified atom stereocenters. The van der Waals surface area contributed by atoms with Gasteiger partial charge in [0.2, 0.25) is 0 Å². The van der Waals surface area contributed by atoms with Crippen LogP contribution < -0.4 is 0 Å². The molecule has 14 heavy (non-hydrogen) atoms. The van der Waals surface area contributed by atoms with Gasteiger partial charge in [-0.25, -0.2) is 4.98 Å². The molecule has 0 saturated heterocycles. The molecule has 1 aromatic rings. The maximum atomic E-state index is 9.67. The van der Waals surface area contributed by atoms with Crippen LogP contribution in [-0.4, -0.2) is 27.2 Å². The zero-order chi connectivity index (χ0) is 10.6. The lowest BCUT2D eigenvalue weighted by molar-refractivity contribution is 0.0168. The summed E-state index contributed by atoms with van der Waals surface area (Å²) in [6.45, 7) is 0. The van der Waals surface area contributed by atoms with Crippen LogP contribution in [0.4, 0.5) is 0 Å². The van der Waals surface area contributed by atoms with Gasteiger partial charge in [-0.1, -0.05) is 17.7 Å². The Morgan fingerprint density at radius 1 is 1.43 bits per heavy atom. The zero-order valence-corrected chi connectivity index (χ0v) is 8.91. The standard InChI is InChI=1S/C9H11Cl2NO2/c10-4-3-7(13)8(14)6-2-1-5-12-9(6)11/h1-2,5,7-8,13-14H,3-4H2. The van der Waals surface area contributed by atoms with Crippen molar-refractivity contribution in [2.45, 2.75) is 18.6 Å². The highest BCUT2D eigenvalue weighted by Gasteiger charge is 2.20. The molecule has 0 aliphatic carbocycles. The van der Waals surface area contributed by atoms with Gasteiger partial charge in [-0.15, -0.1) is 11.6 Å². The van der Waals surface area contributed by atoms with Crippen LogP contribution in [0.15, 0.2) is 18.3 Å². The second-order valence-electron chi connectivity index (χ2n) is 2.87. The SMILES string of the molecule is OC(CCCl)C(O)c1cccnc1Cl.